The van der Waals surface area contributed by atoms with E-state index in [0.29, 0.717) is 17.0 Å². The van der Waals surface area contributed by atoms with Crippen LogP contribution >= 0.6 is 0 Å². The molecule has 8 heteroatoms. The summed E-state index contributed by atoms with van der Waals surface area (Å²) < 4.78 is 5.20. The largest absolute Gasteiger partial charge is 0.482 e. The maximum absolute atomic E-state index is 11.9. The van der Waals surface area contributed by atoms with Gasteiger partial charge in [0.25, 0.3) is 11.8 Å². The van der Waals surface area contributed by atoms with Crippen molar-refractivity contribution in [3.05, 3.63) is 30.1 Å². The number of hydrogen-bond donors (Lipinski definition) is 3. The molecule has 0 spiro atoms. The first-order chi connectivity index (χ1) is 9.22. The number of hydrogen-bond acceptors (Lipinski definition) is 5. The minimum absolute atomic E-state index is 0.0173. The van der Waals surface area contributed by atoms with Gasteiger partial charge in [0.1, 0.15) is 12.1 Å². The first-order valence-corrected chi connectivity index (χ1v) is 5.46. The molecule has 96 valence electrons. The van der Waals surface area contributed by atoms with Crippen LogP contribution in [0.5, 0.6) is 5.75 Å². The molecule has 8 nitrogen and oxygen atoms in total. The highest BCUT2D eigenvalue weighted by molar-refractivity contribution is 6.05. The molecule has 0 atom stereocenters. The van der Waals surface area contributed by atoms with E-state index in [1.165, 1.54) is 12.4 Å². The van der Waals surface area contributed by atoms with E-state index in [0.717, 1.165) is 0 Å². The van der Waals surface area contributed by atoms with Crippen LogP contribution < -0.4 is 15.4 Å². The van der Waals surface area contributed by atoms with Crippen molar-refractivity contribution in [1.29, 1.82) is 0 Å². The number of anilines is 2. The Kier molecular flexibility index (Phi) is 2.60. The Balaban J connectivity index is 1.83. The van der Waals surface area contributed by atoms with E-state index < -0.39 is 0 Å². The number of H-pyrrole nitrogens is 1. The van der Waals surface area contributed by atoms with Gasteiger partial charge in [-0.25, -0.2) is 5.10 Å². The van der Waals surface area contributed by atoms with Crippen LogP contribution in [-0.4, -0.2) is 33.6 Å². The van der Waals surface area contributed by atoms with Crippen LogP contribution in [0.3, 0.4) is 0 Å². The van der Waals surface area contributed by atoms with Gasteiger partial charge in [0, 0.05) is 5.56 Å². The van der Waals surface area contributed by atoms with Gasteiger partial charge in [0.2, 0.25) is 5.95 Å². The van der Waals surface area contributed by atoms with Crippen molar-refractivity contribution in [2.45, 2.75) is 0 Å². The van der Waals surface area contributed by atoms with E-state index >= 15 is 0 Å². The average Bonchev–Trinajstić information content (AvgIpc) is 2.90. The molecular formula is C11H9N5O3. The normalized spacial score (nSPS) is 13.2. The van der Waals surface area contributed by atoms with Gasteiger partial charge in [-0.1, -0.05) is 0 Å². The monoisotopic (exact) mass is 259 g/mol. The maximum Gasteiger partial charge on any atom is 0.262 e. The Bertz CT molecular complexity index is 638. The molecule has 0 aliphatic carbocycles. The Morgan fingerprint density at radius 1 is 1.42 bits per heavy atom. The SMILES string of the molecule is O=C1COc2ccc(C(=O)Nc3ncn[nH]3)cc2N1. The lowest BCUT2D eigenvalue weighted by atomic mass is 10.1. The number of benzene rings is 1. The fourth-order valence-corrected chi connectivity index (χ4v) is 1.67. The third kappa shape index (κ3) is 2.23. The Morgan fingerprint density at radius 3 is 3.11 bits per heavy atom. The summed E-state index contributed by atoms with van der Waals surface area (Å²) in [5, 5.41) is 11.3. The number of ether oxygens (including phenoxy) is 1. The first kappa shape index (κ1) is 11.2. The van der Waals surface area contributed by atoms with Gasteiger partial charge in [0.05, 0.1) is 5.69 Å². The lowest BCUT2D eigenvalue weighted by Crippen LogP contribution is -2.25. The molecule has 19 heavy (non-hydrogen) atoms. The topological polar surface area (TPSA) is 109 Å². The molecule has 0 bridgehead atoms. The summed E-state index contributed by atoms with van der Waals surface area (Å²) in [5.41, 5.74) is 0.849. The molecule has 0 saturated heterocycles. The van der Waals surface area contributed by atoms with Gasteiger partial charge in [0.15, 0.2) is 6.61 Å². The molecule has 0 radical (unpaired) electrons. The summed E-state index contributed by atoms with van der Waals surface area (Å²) in [7, 11) is 0. The molecule has 3 N–H and O–H groups in total. The van der Waals surface area contributed by atoms with Crippen molar-refractivity contribution in [3.8, 4) is 5.75 Å². The predicted octanol–water partition coefficient (Wildman–Crippen LogP) is 0.388. The lowest BCUT2D eigenvalue weighted by Gasteiger charge is -2.18. The zero-order chi connectivity index (χ0) is 13.2. The third-order valence-electron chi connectivity index (χ3n) is 2.52. The van der Waals surface area contributed by atoms with Crippen LogP contribution in [0.15, 0.2) is 24.5 Å². The number of rotatable bonds is 2. The molecule has 1 aromatic carbocycles. The zero-order valence-corrected chi connectivity index (χ0v) is 9.64. The molecule has 1 aliphatic heterocycles. The second-order valence-electron chi connectivity index (χ2n) is 3.84. The summed E-state index contributed by atoms with van der Waals surface area (Å²) in [4.78, 5) is 26.9. The maximum atomic E-state index is 11.9. The quantitative estimate of drug-likeness (QED) is 0.722. The van der Waals surface area contributed by atoms with Crippen molar-refractivity contribution in [3.63, 3.8) is 0 Å². The number of nitrogens with zero attached hydrogens (tertiary/aromatic N) is 2. The van der Waals surface area contributed by atoms with Gasteiger partial charge >= 0.3 is 0 Å². The predicted molar refractivity (Wildman–Crippen MR) is 64.9 cm³/mol. The first-order valence-electron chi connectivity index (χ1n) is 5.46. The fraction of sp³-hybridized carbons (Fsp3) is 0.0909. The molecule has 2 amide bonds. The second kappa shape index (κ2) is 4.41. The molecule has 1 aliphatic rings. The van der Waals surface area contributed by atoms with Gasteiger partial charge in [-0.3, -0.25) is 14.9 Å². The number of fused-ring (bicyclic) bond motifs is 1. The van der Waals surface area contributed by atoms with Crippen molar-refractivity contribution in [2.75, 3.05) is 17.2 Å². The number of aromatic nitrogens is 3. The highest BCUT2D eigenvalue weighted by Crippen LogP contribution is 2.28. The highest BCUT2D eigenvalue weighted by atomic mass is 16.5. The van der Waals surface area contributed by atoms with Gasteiger partial charge < -0.3 is 10.1 Å². The smallest absolute Gasteiger partial charge is 0.262 e. The van der Waals surface area contributed by atoms with E-state index in [2.05, 4.69) is 25.8 Å². The summed E-state index contributed by atoms with van der Waals surface area (Å²) >= 11 is 0. The minimum atomic E-state index is -0.362. The third-order valence-corrected chi connectivity index (χ3v) is 2.52. The summed E-state index contributed by atoms with van der Waals surface area (Å²) in [5.74, 6) is 0.179. The number of carbonyl (C=O) groups excluding carboxylic acids is 2. The second-order valence-corrected chi connectivity index (χ2v) is 3.84. The van der Waals surface area contributed by atoms with Crippen LogP contribution in [-0.2, 0) is 4.79 Å². The van der Waals surface area contributed by atoms with E-state index in [-0.39, 0.29) is 24.4 Å². The standard InChI is InChI=1S/C11H9N5O3/c17-9-4-19-8-2-1-6(3-7(8)14-9)10(18)15-11-12-5-13-16-11/h1-3,5H,4H2,(H,14,17)(H2,12,13,15,16,18). The Hall–Kier alpha value is -2.90. The molecule has 2 heterocycles. The number of carbonyl (C=O) groups is 2. The van der Waals surface area contributed by atoms with Crippen LogP contribution in [0.4, 0.5) is 11.6 Å². The van der Waals surface area contributed by atoms with Crippen LogP contribution in [0.25, 0.3) is 0 Å². The molecular weight excluding hydrogens is 250 g/mol. The molecule has 1 aromatic heterocycles. The van der Waals surface area contributed by atoms with E-state index in [1.54, 1.807) is 12.1 Å². The molecule has 3 rings (SSSR count). The number of amides is 2. The van der Waals surface area contributed by atoms with Gasteiger partial charge in [-0.05, 0) is 18.2 Å². The Labute approximate surface area is 107 Å². The van der Waals surface area contributed by atoms with E-state index in [1.807, 2.05) is 0 Å². The minimum Gasteiger partial charge on any atom is -0.482 e. The zero-order valence-electron chi connectivity index (χ0n) is 9.64. The summed E-state index contributed by atoms with van der Waals surface area (Å²) in [6.07, 6.45) is 1.29. The number of nitrogens with one attached hydrogen (secondary N) is 3. The van der Waals surface area contributed by atoms with Crippen molar-refractivity contribution in [2.24, 2.45) is 0 Å². The number of aromatic amines is 1. The van der Waals surface area contributed by atoms with Gasteiger partial charge in [-0.2, -0.15) is 10.1 Å². The molecule has 0 fully saturated rings. The molecule has 0 saturated carbocycles. The van der Waals surface area contributed by atoms with Crippen LogP contribution in [0.2, 0.25) is 0 Å². The molecule has 0 unspecified atom stereocenters. The highest BCUT2D eigenvalue weighted by Gasteiger charge is 2.18. The molecule has 2 aromatic rings. The fourth-order valence-electron chi connectivity index (χ4n) is 1.67. The van der Waals surface area contributed by atoms with Crippen molar-refractivity contribution in [1.82, 2.24) is 15.2 Å². The van der Waals surface area contributed by atoms with Crippen LogP contribution in [0, 0.1) is 0 Å². The summed E-state index contributed by atoms with van der Waals surface area (Å²) in [6, 6.07) is 4.77. The van der Waals surface area contributed by atoms with Crippen LogP contribution in [0.1, 0.15) is 10.4 Å². The lowest BCUT2D eigenvalue weighted by molar-refractivity contribution is -0.118. The van der Waals surface area contributed by atoms with Gasteiger partial charge in [-0.15, -0.1) is 0 Å². The van der Waals surface area contributed by atoms with E-state index in [4.69, 9.17) is 4.74 Å². The van der Waals surface area contributed by atoms with Crippen molar-refractivity contribution >= 4 is 23.5 Å². The Morgan fingerprint density at radius 2 is 2.32 bits per heavy atom. The average molecular weight is 259 g/mol. The van der Waals surface area contributed by atoms with E-state index in [9.17, 15) is 9.59 Å². The summed E-state index contributed by atoms with van der Waals surface area (Å²) in [6.45, 7) is -0.0173. The van der Waals surface area contributed by atoms with Crippen molar-refractivity contribution < 1.29 is 14.3 Å².